The number of rotatable bonds is 9. The first-order chi connectivity index (χ1) is 23.5. The van der Waals surface area contributed by atoms with Crippen molar-refractivity contribution in [3.63, 3.8) is 0 Å². The predicted octanol–water partition coefficient (Wildman–Crippen LogP) is 6.10. The van der Waals surface area contributed by atoms with E-state index in [2.05, 4.69) is 44.4 Å². The average Bonchev–Trinajstić information content (AvgIpc) is 3.59. The summed E-state index contributed by atoms with van der Waals surface area (Å²) in [7, 11) is 0. The summed E-state index contributed by atoms with van der Waals surface area (Å²) < 4.78 is 2.02. The number of imidazole rings is 1. The second-order valence-corrected chi connectivity index (χ2v) is 13.0. The number of anilines is 2. The number of hydrogen-bond donors (Lipinski definition) is 1. The van der Waals surface area contributed by atoms with Gasteiger partial charge in [0.15, 0.2) is 5.11 Å². The van der Waals surface area contributed by atoms with E-state index in [-0.39, 0.29) is 5.91 Å². The Bertz CT molecular complexity index is 1770. The summed E-state index contributed by atoms with van der Waals surface area (Å²) in [6.07, 6.45) is 10.2. The number of aromatic nitrogens is 2. The van der Waals surface area contributed by atoms with Crippen LogP contribution >= 0.6 is 12.2 Å². The van der Waals surface area contributed by atoms with Crippen molar-refractivity contribution in [3.8, 4) is 12.1 Å². The van der Waals surface area contributed by atoms with Crippen LogP contribution in [0.4, 0.5) is 11.4 Å². The van der Waals surface area contributed by atoms with Crippen molar-refractivity contribution in [2.24, 2.45) is 5.92 Å². The largest absolute Gasteiger partial charge is 0.368 e. The van der Waals surface area contributed by atoms with E-state index in [1.165, 1.54) is 32.1 Å². The van der Waals surface area contributed by atoms with Crippen LogP contribution in [0.3, 0.4) is 0 Å². The van der Waals surface area contributed by atoms with Crippen LogP contribution < -0.4 is 15.1 Å². The maximum absolute atomic E-state index is 14.0. The van der Waals surface area contributed by atoms with E-state index in [0.29, 0.717) is 29.8 Å². The van der Waals surface area contributed by atoms with Gasteiger partial charge in [-0.3, -0.25) is 4.79 Å². The zero-order valence-corrected chi connectivity index (χ0v) is 27.9. The Morgan fingerprint density at radius 3 is 2.17 bits per heavy atom. The fraction of sp³-hybridized carbons (Fsp3) is 0.342. The summed E-state index contributed by atoms with van der Waals surface area (Å²) in [5, 5.41) is 22.8. The number of amides is 1. The molecule has 0 bridgehead atoms. The molecule has 1 aromatic heterocycles. The average molecular weight is 657 g/mol. The summed E-state index contributed by atoms with van der Waals surface area (Å²) in [5.74, 6) is 0.573. The van der Waals surface area contributed by atoms with E-state index in [0.717, 1.165) is 66.4 Å². The van der Waals surface area contributed by atoms with E-state index < -0.39 is 0 Å². The topological polar surface area (TPSA) is 104 Å². The highest BCUT2D eigenvalue weighted by Gasteiger charge is 2.23. The standard InChI is InChI=1S/C38H40N8OS/c39-22-29-6-8-32(9-7-29)26-45-28-41-25-36(45)27-46(37(47)33-12-10-30(23-40)11-13-33)35-16-14-34(15-17-35)43-18-20-44(21-19-43)38(48)42-24-31-4-2-1-3-5-31/h6-17,25,28,31H,1-5,18-21,24,26-27H2,(H,42,48). The number of nitriles is 2. The molecule has 3 aromatic carbocycles. The van der Waals surface area contributed by atoms with Crippen molar-refractivity contribution in [1.82, 2.24) is 19.8 Å². The third-order valence-corrected chi connectivity index (χ3v) is 9.82. The van der Waals surface area contributed by atoms with E-state index in [4.69, 9.17) is 17.5 Å². The Labute approximate surface area is 288 Å². The van der Waals surface area contributed by atoms with Crippen LogP contribution in [0.15, 0.2) is 85.3 Å². The van der Waals surface area contributed by atoms with Gasteiger partial charge in [0.05, 0.1) is 41.8 Å². The number of carbonyl (C=O) groups is 1. The molecular weight excluding hydrogens is 617 g/mol. The zero-order chi connectivity index (χ0) is 33.3. The van der Waals surface area contributed by atoms with Crippen LogP contribution in [0.1, 0.15) is 64.8 Å². The Morgan fingerprint density at radius 1 is 0.875 bits per heavy atom. The third kappa shape index (κ3) is 8.02. The van der Waals surface area contributed by atoms with Crippen molar-refractivity contribution in [2.45, 2.75) is 45.2 Å². The summed E-state index contributed by atoms with van der Waals surface area (Å²) in [4.78, 5) is 24.8. The maximum Gasteiger partial charge on any atom is 0.258 e. The highest BCUT2D eigenvalue weighted by molar-refractivity contribution is 7.80. The molecule has 244 valence electrons. The normalized spacial score (nSPS) is 15.0. The molecule has 1 aliphatic carbocycles. The second kappa shape index (κ2) is 15.6. The van der Waals surface area contributed by atoms with E-state index in [1.807, 2.05) is 28.8 Å². The van der Waals surface area contributed by atoms with Gasteiger partial charge in [-0.1, -0.05) is 31.4 Å². The Kier molecular flexibility index (Phi) is 10.6. The summed E-state index contributed by atoms with van der Waals surface area (Å²) in [5.41, 5.74) is 5.39. The molecule has 1 saturated heterocycles. The van der Waals surface area contributed by atoms with Crippen LogP contribution in [-0.2, 0) is 13.1 Å². The van der Waals surface area contributed by atoms with Gasteiger partial charge in [-0.2, -0.15) is 10.5 Å². The lowest BCUT2D eigenvalue weighted by Crippen LogP contribution is -2.52. The van der Waals surface area contributed by atoms with Gasteiger partial charge < -0.3 is 24.6 Å². The Balaban J connectivity index is 1.14. The van der Waals surface area contributed by atoms with Gasteiger partial charge in [-0.15, -0.1) is 0 Å². The lowest BCUT2D eigenvalue weighted by molar-refractivity contribution is 0.0984. The molecule has 48 heavy (non-hydrogen) atoms. The molecular formula is C38H40N8OS. The summed E-state index contributed by atoms with van der Waals surface area (Å²) >= 11 is 5.75. The molecule has 1 N–H and O–H groups in total. The fourth-order valence-corrected chi connectivity index (χ4v) is 6.80. The Morgan fingerprint density at radius 2 is 1.52 bits per heavy atom. The van der Waals surface area contributed by atoms with Crippen LogP contribution in [0, 0.1) is 28.6 Å². The molecule has 2 aliphatic rings. The smallest absolute Gasteiger partial charge is 0.258 e. The van der Waals surface area contributed by atoms with E-state index in [9.17, 15) is 10.1 Å². The van der Waals surface area contributed by atoms with Crippen LogP contribution in [-0.4, -0.2) is 58.2 Å². The lowest BCUT2D eigenvalue weighted by atomic mass is 9.89. The number of carbonyl (C=O) groups excluding carboxylic acids is 1. The van der Waals surface area contributed by atoms with Crippen LogP contribution in [0.5, 0.6) is 0 Å². The fourth-order valence-electron chi connectivity index (χ4n) is 6.53. The van der Waals surface area contributed by atoms with Crippen LogP contribution in [0.25, 0.3) is 0 Å². The van der Waals surface area contributed by atoms with Crippen molar-refractivity contribution in [2.75, 3.05) is 42.5 Å². The first-order valence-electron chi connectivity index (χ1n) is 16.7. The quantitative estimate of drug-likeness (QED) is 0.216. The monoisotopic (exact) mass is 656 g/mol. The number of nitrogens with zero attached hydrogens (tertiary/aromatic N) is 7. The van der Waals surface area contributed by atoms with E-state index >= 15 is 0 Å². The number of hydrogen-bond acceptors (Lipinski definition) is 6. The predicted molar refractivity (Wildman–Crippen MR) is 192 cm³/mol. The minimum absolute atomic E-state index is 0.166. The van der Waals surface area contributed by atoms with Gasteiger partial charge >= 0.3 is 0 Å². The first kappa shape index (κ1) is 32.7. The van der Waals surface area contributed by atoms with Gasteiger partial charge in [-0.05, 0) is 97.2 Å². The van der Waals surface area contributed by atoms with Gasteiger partial charge in [0.2, 0.25) is 0 Å². The third-order valence-electron chi connectivity index (χ3n) is 9.42. The highest BCUT2D eigenvalue weighted by Crippen LogP contribution is 2.26. The molecule has 2 fully saturated rings. The van der Waals surface area contributed by atoms with E-state index in [1.54, 1.807) is 53.8 Å². The minimum Gasteiger partial charge on any atom is -0.368 e. The number of thiocarbonyl (C=S) groups is 1. The minimum atomic E-state index is -0.166. The number of piperazine rings is 1. The molecule has 9 nitrogen and oxygen atoms in total. The van der Waals surface area contributed by atoms with Crippen LogP contribution in [0.2, 0.25) is 0 Å². The van der Waals surface area contributed by atoms with Gasteiger partial charge in [0.25, 0.3) is 5.91 Å². The van der Waals surface area contributed by atoms with Gasteiger partial charge in [-0.25, -0.2) is 4.98 Å². The molecule has 4 aromatic rings. The molecule has 0 atom stereocenters. The van der Waals surface area contributed by atoms with Gasteiger partial charge in [0.1, 0.15) is 0 Å². The maximum atomic E-state index is 14.0. The zero-order valence-electron chi connectivity index (χ0n) is 27.1. The molecule has 10 heteroatoms. The molecule has 1 amide bonds. The van der Waals surface area contributed by atoms with Crippen molar-refractivity contribution < 1.29 is 4.79 Å². The molecule has 0 unspecified atom stereocenters. The SMILES string of the molecule is N#Cc1ccc(Cn2cncc2CN(C(=O)c2ccc(C#N)cc2)c2ccc(N3CCN(C(=S)NCC4CCCCC4)CC3)cc2)cc1. The molecule has 2 heterocycles. The lowest BCUT2D eigenvalue weighted by Gasteiger charge is -2.38. The molecule has 0 spiro atoms. The van der Waals surface area contributed by atoms with Crippen molar-refractivity contribution in [1.29, 1.82) is 10.5 Å². The van der Waals surface area contributed by atoms with Crippen molar-refractivity contribution >= 4 is 34.6 Å². The van der Waals surface area contributed by atoms with Crippen molar-refractivity contribution in [3.05, 3.63) is 113 Å². The molecule has 6 rings (SSSR count). The first-order valence-corrected chi connectivity index (χ1v) is 17.1. The molecule has 0 radical (unpaired) electrons. The molecule has 1 saturated carbocycles. The highest BCUT2D eigenvalue weighted by atomic mass is 32.1. The number of benzene rings is 3. The van der Waals surface area contributed by atoms with Gasteiger partial charge in [0, 0.05) is 62.4 Å². The molecule has 1 aliphatic heterocycles. The summed E-state index contributed by atoms with van der Waals surface area (Å²) in [6, 6.07) is 26.6. The number of nitrogens with one attached hydrogen (secondary N) is 1. The summed E-state index contributed by atoms with van der Waals surface area (Å²) in [6.45, 7) is 5.31. The Hall–Kier alpha value is -5.19. The second-order valence-electron chi connectivity index (χ2n) is 12.6.